The molecule has 1 aliphatic heterocycles. The van der Waals surface area contributed by atoms with Crippen molar-refractivity contribution in [2.24, 2.45) is 5.73 Å². The van der Waals surface area contributed by atoms with Crippen LogP contribution in [0.4, 0.5) is 13.2 Å². The molecule has 2 rings (SSSR count). The monoisotopic (exact) mass is 396 g/mol. The second-order valence-corrected chi connectivity index (χ2v) is 8.42. The van der Waals surface area contributed by atoms with Gasteiger partial charge in [-0.15, -0.1) is 0 Å². The van der Waals surface area contributed by atoms with Gasteiger partial charge in [0, 0.05) is 6.54 Å². The van der Waals surface area contributed by atoms with Crippen LogP contribution < -0.4 is 5.73 Å². The Hall–Kier alpha value is -1.23. The first-order valence-electron chi connectivity index (χ1n) is 7.57. The van der Waals surface area contributed by atoms with Crippen LogP contribution in [0.2, 0.25) is 0 Å². The van der Waals surface area contributed by atoms with Gasteiger partial charge in [0.2, 0.25) is 10.0 Å². The van der Waals surface area contributed by atoms with E-state index in [2.05, 4.69) is 0 Å². The molecule has 1 fully saturated rings. The van der Waals surface area contributed by atoms with Crippen molar-refractivity contribution in [3.05, 3.63) is 35.4 Å². The van der Waals surface area contributed by atoms with Crippen molar-refractivity contribution in [2.45, 2.75) is 37.5 Å². The Kier molecular flexibility index (Phi) is 6.08. The molecule has 0 amide bonds. The van der Waals surface area contributed by atoms with Crippen LogP contribution in [0.25, 0.3) is 0 Å². The highest BCUT2D eigenvalue weighted by atomic mass is 32.2. The van der Waals surface area contributed by atoms with Crippen molar-refractivity contribution in [3.63, 3.8) is 0 Å². The second kappa shape index (κ2) is 7.56. The SMILES string of the molecule is CC1OC1CCN(CC(N)=S)S(=O)(=O)Cc1cccc(C(F)(F)F)c1. The molecular weight excluding hydrogens is 377 g/mol. The van der Waals surface area contributed by atoms with E-state index in [-0.39, 0.29) is 35.8 Å². The molecule has 0 saturated carbocycles. The number of epoxide rings is 1. The lowest BCUT2D eigenvalue weighted by molar-refractivity contribution is -0.137. The molecule has 0 aliphatic carbocycles. The first-order chi connectivity index (χ1) is 11.5. The summed E-state index contributed by atoms with van der Waals surface area (Å²) >= 11 is 4.79. The van der Waals surface area contributed by atoms with Crippen LogP contribution in [0.1, 0.15) is 24.5 Å². The summed E-state index contributed by atoms with van der Waals surface area (Å²) in [6, 6.07) is 4.26. The van der Waals surface area contributed by atoms with Crippen LogP contribution in [0, 0.1) is 0 Å². The Morgan fingerprint density at radius 2 is 2.04 bits per heavy atom. The second-order valence-electron chi connectivity index (χ2n) is 5.92. The number of nitrogens with two attached hydrogens (primary N) is 1. The van der Waals surface area contributed by atoms with Gasteiger partial charge in [-0.3, -0.25) is 0 Å². The zero-order valence-electron chi connectivity index (χ0n) is 13.5. The Morgan fingerprint density at radius 3 is 2.56 bits per heavy atom. The van der Waals surface area contributed by atoms with Crippen molar-refractivity contribution in [1.29, 1.82) is 0 Å². The summed E-state index contributed by atoms with van der Waals surface area (Å²) in [4.78, 5) is -0.00242. The zero-order chi connectivity index (χ0) is 18.8. The van der Waals surface area contributed by atoms with Crippen molar-refractivity contribution in [1.82, 2.24) is 4.31 Å². The third kappa shape index (κ3) is 5.91. The average molecular weight is 396 g/mol. The summed E-state index contributed by atoms with van der Waals surface area (Å²) in [5, 5.41) is 0. The molecule has 5 nitrogen and oxygen atoms in total. The number of ether oxygens (including phenoxy) is 1. The number of hydrogen-bond donors (Lipinski definition) is 1. The van der Waals surface area contributed by atoms with Gasteiger partial charge in [0.1, 0.15) is 0 Å². The highest BCUT2D eigenvalue weighted by Gasteiger charge is 2.35. The van der Waals surface area contributed by atoms with Crippen molar-refractivity contribution in [2.75, 3.05) is 13.1 Å². The smallest absolute Gasteiger partial charge is 0.392 e. The molecule has 1 heterocycles. The van der Waals surface area contributed by atoms with Gasteiger partial charge in [-0.2, -0.15) is 17.5 Å². The average Bonchev–Trinajstić information content (AvgIpc) is 3.17. The molecule has 2 unspecified atom stereocenters. The topological polar surface area (TPSA) is 75.9 Å². The molecule has 2 N–H and O–H groups in total. The Balaban J connectivity index is 2.14. The van der Waals surface area contributed by atoms with E-state index in [4.69, 9.17) is 22.7 Å². The van der Waals surface area contributed by atoms with Gasteiger partial charge in [0.05, 0.1) is 35.1 Å². The normalized spacial score (nSPS) is 20.7. The minimum atomic E-state index is -4.53. The molecule has 10 heteroatoms. The Morgan fingerprint density at radius 1 is 1.40 bits per heavy atom. The van der Waals surface area contributed by atoms with Gasteiger partial charge in [-0.25, -0.2) is 8.42 Å². The molecule has 0 radical (unpaired) electrons. The molecule has 1 aliphatic rings. The predicted molar refractivity (Wildman–Crippen MR) is 91.4 cm³/mol. The van der Waals surface area contributed by atoms with E-state index in [0.29, 0.717) is 6.42 Å². The number of halogens is 3. The lowest BCUT2D eigenvalue weighted by atomic mass is 10.1. The molecule has 0 spiro atoms. The fourth-order valence-corrected chi connectivity index (χ4v) is 4.17. The summed E-state index contributed by atoms with van der Waals surface area (Å²) < 4.78 is 69.9. The van der Waals surface area contributed by atoms with E-state index in [0.717, 1.165) is 16.4 Å². The molecule has 140 valence electrons. The van der Waals surface area contributed by atoms with Crippen molar-refractivity contribution >= 4 is 27.2 Å². The van der Waals surface area contributed by atoms with E-state index >= 15 is 0 Å². The van der Waals surface area contributed by atoms with Crippen LogP contribution in [0.3, 0.4) is 0 Å². The molecule has 1 aromatic rings. The molecule has 0 bridgehead atoms. The fraction of sp³-hybridized carbons (Fsp3) is 0.533. The number of nitrogens with zero attached hydrogens (tertiary/aromatic N) is 1. The van der Waals surface area contributed by atoms with Gasteiger partial charge < -0.3 is 10.5 Å². The van der Waals surface area contributed by atoms with E-state index in [1.807, 2.05) is 6.92 Å². The standard InChI is InChI=1S/C15H19F3N2O3S2/c1-10-13(23-10)5-6-20(8-14(19)24)25(21,22)9-11-3-2-4-12(7-11)15(16,17)18/h2-4,7,10,13H,5-6,8-9H2,1H3,(H2,19,24). The fourth-order valence-electron chi connectivity index (χ4n) is 2.43. The summed E-state index contributed by atoms with van der Waals surface area (Å²) in [6.07, 6.45) is -3.99. The molecule has 1 aromatic carbocycles. The summed E-state index contributed by atoms with van der Waals surface area (Å²) in [6.45, 7) is 1.87. The largest absolute Gasteiger partial charge is 0.416 e. The molecule has 25 heavy (non-hydrogen) atoms. The number of hydrogen-bond acceptors (Lipinski definition) is 4. The van der Waals surface area contributed by atoms with E-state index in [1.54, 1.807) is 0 Å². The maximum absolute atomic E-state index is 12.8. The summed E-state index contributed by atoms with van der Waals surface area (Å²) in [5.74, 6) is -0.555. The Labute approximate surface area is 150 Å². The maximum atomic E-state index is 12.8. The zero-order valence-corrected chi connectivity index (χ0v) is 15.1. The lowest BCUT2D eigenvalue weighted by Crippen LogP contribution is -2.39. The minimum Gasteiger partial charge on any atom is -0.392 e. The number of rotatable bonds is 8. The summed E-state index contributed by atoms with van der Waals surface area (Å²) in [5.41, 5.74) is 4.63. The van der Waals surface area contributed by atoms with Crippen LogP contribution in [0.15, 0.2) is 24.3 Å². The Bertz CT molecular complexity index is 738. The summed E-state index contributed by atoms with van der Waals surface area (Å²) in [7, 11) is -3.88. The quantitative estimate of drug-likeness (QED) is 0.539. The van der Waals surface area contributed by atoms with E-state index < -0.39 is 27.5 Å². The van der Waals surface area contributed by atoms with Gasteiger partial charge in [-0.05, 0) is 25.0 Å². The van der Waals surface area contributed by atoms with E-state index in [9.17, 15) is 21.6 Å². The van der Waals surface area contributed by atoms with Crippen molar-refractivity contribution < 1.29 is 26.3 Å². The van der Waals surface area contributed by atoms with Gasteiger partial charge in [0.15, 0.2) is 0 Å². The maximum Gasteiger partial charge on any atom is 0.416 e. The number of alkyl halides is 3. The van der Waals surface area contributed by atoms with Crippen LogP contribution in [-0.2, 0) is 26.7 Å². The molecule has 2 atom stereocenters. The number of benzene rings is 1. The predicted octanol–water partition coefficient (Wildman–Crippen LogP) is 2.30. The first-order valence-corrected chi connectivity index (χ1v) is 9.58. The highest BCUT2D eigenvalue weighted by Crippen LogP contribution is 2.30. The third-order valence-corrected chi connectivity index (χ3v) is 5.75. The van der Waals surface area contributed by atoms with Crippen LogP contribution >= 0.6 is 12.2 Å². The molecule has 1 saturated heterocycles. The first kappa shape index (κ1) is 20.1. The highest BCUT2D eigenvalue weighted by molar-refractivity contribution is 7.88. The van der Waals surface area contributed by atoms with Crippen LogP contribution in [-0.4, -0.2) is 43.0 Å². The van der Waals surface area contributed by atoms with Crippen molar-refractivity contribution in [3.8, 4) is 0 Å². The van der Waals surface area contributed by atoms with Crippen LogP contribution in [0.5, 0.6) is 0 Å². The molecular formula is C15H19F3N2O3S2. The minimum absolute atomic E-state index is 0.00242. The van der Waals surface area contributed by atoms with E-state index in [1.165, 1.54) is 12.1 Å². The van der Waals surface area contributed by atoms with Gasteiger partial charge >= 0.3 is 6.18 Å². The van der Waals surface area contributed by atoms with Gasteiger partial charge in [-0.1, -0.05) is 30.4 Å². The third-order valence-electron chi connectivity index (χ3n) is 3.83. The van der Waals surface area contributed by atoms with Gasteiger partial charge in [0.25, 0.3) is 0 Å². The number of thiocarbonyl (C=S) groups is 1. The lowest BCUT2D eigenvalue weighted by Gasteiger charge is -2.21. The number of sulfonamides is 1. The molecule has 0 aromatic heterocycles.